The predicted molar refractivity (Wildman–Crippen MR) is 64.0 cm³/mol. The van der Waals surface area contributed by atoms with Crippen molar-refractivity contribution in [2.75, 3.05) is 13.1 Å². The second kappa shape index (κ2) is 6.29. The summed E-state index contributed by atoms with van der Waals surface area (Å²) >= 11 is 0. The van der Waals surface area contributed by atoms with E-state index in [4.69, 9.17) is 5.11 Å². The Labute approximate surface area is 109 Å². The zero-order chi connectivity index (χ0) is 14.5. The zero-order valence-electron chi connectivity index (χ0n) is 10.1. The highest BCUT2D eigenvalue weighted by Crippen LogP contribution is 2.10. The van der Waals surface area contributed by atoms with Gasteiger partial charge in [0.1, 0.15) is 5.56 Å². The van der Waals surface area contributed by atoms with E-state index < -0.39 is 39.0 Å². The van der Waals surface area contributed by atoms with E-state index in [9.17, 15) is 18.0 Å². The Morgan fingerprint density at radius 2 is 2.16 bits per heavy atom. The van der Waals surface area contributed by atoms with Gasteiger partial charge in [-0.25, -0.2) is 17.9 Å². The van der Waals surface area contributed by atoms with Crippen LogP contribution in [-0.4, -0.2) is 48.7 Å². The minimum absolute atomic E-state index is 0.436. The fourth-order valence-electron chi connectivity index (χ4n) is 1.19. The number of aromatic amines is 1. The highest BCUT2D eigenvalue weighted by molar-refractivity contribution is 7.89. The Kier molecular flexibility index (Phi) is 5.01. The van der Waals surface area contributed by atoms with Gasteiger partial charge in [-0.2, -0.15) is 5.10 Å². The molecule has 0 unspecified atom stereocenters. The first-order valence-corrected chi connectivity index (χ1v) is 6.89. The van der Waals surface area contributed by atoms with E-state index in [1.807, 2.05) is 11.6 Å². The summed E-state index contributed by atoms with van der Waals surface area (Å²) in [7, 11) is -4.12. The van der Waals surface area contributed by atoms with Gasteiger partial charge < -0.3 is 10.4 Å². The molecule has 0 radical (unpaired) electrons. The first-order valence-electron chi connectivity index (χ1n) is 5.41. The van der Waals surface area contributed by atoms with Crippen LogP contribution in [0, 0.1) is 0 Å². The number of carbonyl (C=O) groups excluding carboxylic acids is 1. The molecule has 0 fully saturated rings. The number of hydrogen-bond acceptors (Lipinski definition) is 5. The summed E-state index contributed by atoms with van der Waals surface area (Å²) in [6, 6.07) is 0. The van der Waals surface area contributed by atoms with Gasteiger partial charge in [0.25, 0.3) is 10.0 Å². The number of carboxylic acid groups (broad SMARTS) is 1. The van der Waals surface area contributed by atoms with Gasteiger partial charge in [0.2, 0.25) is 5.91 Å². The number of sulfonamides is 1. The summed E-state index contributed by atoms with van der Waals surface area (Å²) in [6.45, 7) is 1.82. The van der Waals surface area contributed by atoms with E-state index in [2.05, 4.69) is 15.5 Å². The van der Waals surface area contributed by atoms with Gasteiger partial charge in [0.15, 0.2) is 5.03 Å². The van der Waals surface area contributed by atoms with Crippen molar-refractivity contribution in [3.63, 3.8) is 0 Å². The average molecular weight is 290 g/mol. The lowest BCUT2D eigenvalue weighted by Crippen LogP contribution is -2.37. The van der Waals surface area contributed by atoms with Crippen molar-refractivity contribution in [2.24, 2.45) is 0 Å². The molecule has 1 heterocycles. The highest BCUT2D eigenvalue weighted by Gasteiger charge is 2.25. The Hall–Kier alpha value is -1.94. The van der Waals surface area contributed by atoms with Crippen molar-refractivity contribution < 1.29 is 23.1 Å². The molecular formula is C9H14N4O5S. The number of H-pyrrole nitrogens is 1. The van der Waals surface area contributed by atoms with Crippen molar-refractivity contribution in [2.45, 2.75) is 18.4 Å². The van der Waals surface area contributed by atoms with Crippen molar-refractivity contribution in [3.05, 3.63) is 11.8 Å². The molecular weight excluding hydrogens is 276 g/mol. The van der Waals surface area contributed by atoms with E-state index in [0.717, 1.165) is 12.6 Å². The second-order valence-electron chi connectivity index (χ2n) is 3.59. The summed E-state index contributed by atoms with van der Waals surface area (Å²) in [5, 5.41) is 16.1. The molecule has 0 saturated carbocycles. The molecule has 1 amide bonds. The fourth-order valence-corrected chi connectivity index (χ4v) is 2.26. The standard InChI is InChI=1S/C9H14N4O5S/c1-2-3-10-7(14)5-12-19(17,18)8-6(9(15)16)4-11-13-8/h4,12H,2-3,5H2,1H3,(H,10,14)(H,11,13)(H,15,16). The molecule has 0 saturated heterocycles. The number of nitrogens with zero attached hydrogens (tertiary/aromatic N) is 1. The van der Waals surface area contributed by atoms with Crippen LogP contribution in [-0.2, 0) is 14.8 Å². The maximum Gasteiger partial charge on any atom is 0.340 e. The number of carbonyl (C=O) groups is 2. The molecule has 0 aromatic carbocycles. The molecule has 106 valence electrons. The third kappa shape index (κ3) is 4.03. The van der Waals surface area contributed by atoms with E-state index in [1.54, 1.807) is 0 Å². The van der Waals surface area contributed by atoms with Crippen LogP contribution in [0.1, 0.15) is 23.7 Å². The number of amides is 1. The highest BCUT2D eigenvalue weighted by atomic mass is 32.2. The van der Waals surface area contributed by atoms with E-state index in [-0.39, 0.29) is 0 Å². The Bertz CT molecular complexity index is 565. The van der Waals surface area contributed by atoms with Gasteiger partial charge in [-0.3, -0.25) is 9.89 Å². The maximum absolute atomic E-state index is 11.8. The van der Waals surface area contributed by atoms with Crippen molar-refractivity contribution in [1.29, 1.82) is 0 Å². The molecule has 0 aliphatic rings. The van der Waals surface area contributed by atoms with E-state index >= 15 is 0 Å². The van der Waals surface area contributed by atoms with Crippen LogP contribution in [0.5, 0.6) is 0 Å². The molecule has 0 atom stereocenters. The lowest BCUT2D eigenvalue weighted by molar-refractivity contribution is -0.119. The van der Waals surface area contributed by atoms with Crippen LogP contribution in [0.15, 0.2) is 11.2 Å². The fraction of sp³-hybridized carbons (Fsp3) is 0.444. The number of carboxylic acids is 1. The van der Waals surface area contributed by atoms with Gasteiger partial charge >= 0.3 is 5.97 Å². The Morgan fingerprint density at radius 3 is 2.74 bits per heavy atom. The van der Waals surface area contributed by atoms with E-state index in [0.29, 0.717) is 6.54 Å². The van der Waals surface area contributed by atoms with Crippen LogP contribution in [0.25, 0.3) is 0 Å². The minimum atomic E-state index is -4.12. The first-order chi connectivity index (χ1) is 8.88. The van der Waals surface area contributed by atoms with Gasteiger partial charge in [0.05, 0.1) is 12.7 Å². The summed E-state index contributed by atoms with van der Waals surface area (Å²) < 4.78 is 25.5. The smallest absolute Gasteiger partial charge is 0.340 e. The SMILES string of the molecule is CCCNC(=O)CNS(=O)(=O)c1[nH]ncc1C(=O)O. The topological polar surface area (TPSA) is 141 Å². The monoisotopic (exact) mass is 290 g/mol. The summed E-state index contributed by atoms with van der Waals surface area (Å²) in [5.74, 6) is -1.92. The quantitative estimate of drug-likeness (QED) is 0.503. The predicted octanol–water partition coefficient (Wildman–Crippen LogP) is -1.09. The lowest BCUT2D eigenvalue weighted by Gasteiger charge is -2.06. The third-order valence-corrected chi connectivity index (χ3v) is 3.47. The molecule has 19 heavy (non-hydrogen) atoms. The first kappa shape index (κ1) is 15.1. The van der Waals surface area contributed by atoms with Crippen molar-refractivity contribution >= 4 is 21.9 Å². The molecule has 1 aromatic rings. The molecule has 0 aliphatic carbocycles. The largest absolute Gasteiger partial charge is 0.478 e. The maximum atomic E-state index is 11.8. The molecule has 0 bridgehead atoms. The molecule has 1 rings (SSSR count). The van der Waals surface area contributed by atoms with Crippen LogP contribution in [0.3, 0.4) is 0 Å². The molecule has 4 N–H and O–H groups in total. The summed E-state index contributed by atoms with van der Waals surface area (Å²) in [4.78, 5) is 22.0. The number of nitrogens with one attached hydrogen (secondary N) is 3. The average Bonchev–Trinajstić information content (AvgIpc) is 2.84. The van der Waals surface area contributed by atoms with Gasteiger partial charge in [-0.15, -0.1) is 0 Å². The van der Waals surface area contributed by atoms with Crippen LogP contribution in [0.4, 0.5) is 0 Å². The summed E-state index contributed by atoms with van der Waals surface area (Å²) in [6.07, 6.45) is 1.61. The minimum Gasteiger partial charge on any atom is -0.478 e. The molecule has 0 spiro atoms. The van der Waals surface area contributed by atoms with Gasteiger partial charge in [-0.1, -0.05) is 6.92 Å². The van der Waals surface area contributed by atoms with Gasteiger partial charge in [0, 0.05) is 6.54 Å². The molecule has 10 heteroatoms. The second-order valence-corrected chi connectivity index (χ2v) is 5.30. The third-order valence-electron chi connectivity index (χ3n) is 2.10. The number of aromatic nitrogens is 2. The van der Waals surface area contributed by atoms with Crippen LogP contribution in [0.2, 0.25) is 0 Å². The summed E-state index contributed by atoms with van der Waals surface area (Å²) in [5.41, 5.74) is -0.485. The molecule has 1 aromatic heterocycles. The number of rotatable bonds is 7. The molecule has 9 nitrogen and oxygen atoms in total. The molecule has 0 aliphatic heterocycles. The van der Waals surface area contributed by atoms with Crippen LogP contribution < -0.4 is 10.0 Å². The normalized spacial score (nSPS) is 11.2. The number of hydrogen-bond donors (Lipinski definition) is 4. The van der Waals surface area contributed by atoms with Crippen molar-refractivity contribution in [1.82, 2.24) is 20.2 Å². The zero-order valence-corrected chi connectivity index (χ0v) is 11.0. The van der Waals surface area contributed by atoms with E-state index in [1.165, 1.54) is 0 Å². The lowest BCUT2D eigenvalue weighted by atomic mass is 10.4. The number of aromatic carboxylic acids is 1. The van der Waals surface area contributed by atoms with Crippen LogP contribution >= 0.6 is 0 Å². The van der Waals surface area contributed by atoms with Crippen molar-refractivity contribution in [3.8, 4) is 0 Å². The Balaban J connectivity index is 2.74. The Morgan fingerprint density at radius 1 is 1.47 bits per heavy atom. The van der Waals surface area contributed by atoms with Gasteiger partial charge in [-0.05, 0) is 6.42 Å².